The van der Waals surface area contributed by atoms with Gasteiger partial charge in [-0.25, -0.2) is 23.7 Å². The maximum Gasteiger partial charge on any atom is 0.350 e. The van der Waals surface area contributed by atoms with Crippen molar-refractivity contribution in [3.63, 3.8) is 0 Å². The van der Waals surface area contributed by atoms with Crippen molar-refractivity contribution in [3.8, 4) is 11.4 Å². The number of hydrogen-bond acceptors (Lipinski definition) is 9. The van der Waals surface area contributed by atoms with Gasteiger partial charge in [0.25, 0.3) is 0 Å². The predicted octanol–water partition coefficient (Wildman–Crippen LogP) is 2.74. The third kappa shape index (κ3) is 6.13. The van der Waals surface area contributed by atoms with Crippen LogP contribution in [0, 0.1) is 0 Å². The fraction of sp³-hybridized carbons (Fsp3) is 0.448. The Morgan fingerprint density at radius 1 is 0.927 bits per heavy atom. The first-order chi connectivity index (χ1) is 20.1. The van der Waals surface area contributed by atoms with Gasteiger partial charge < -0.3 is 24.0 Å². The summed E-state index contributed by atoms with van der Waals surface area (Å²) in [6, 6.07) is 16.5. The van der Waals surface area contributed by atoms with Crippen molar-refractivity contribution in [1.29, 1.82) is 0 Å². The van der Waals surface area contributed by atoms with Crippen LogP contribution in [0.1, 0.15) is 26.3 Å². The molecule has 6 rings (SSSR count). The molecule has 0 saturated carbocycles. The van der Waals surface area contributed by atoms with E-state index in [2.05, 4.69) is 56.2 Å². The summed E-state index contributed by atoms with van der Waals surface area (Å²) in [4.78, 5) is 21.4. The second-order valence-electron chi connectivity index (χ2n) is 10.4. The molecule has 4 heterocycles. The van der Waals surface area contributed by atoms with Crippen LogP contribution >= 0.6 is 0 Å². The van der Waals surface area contributed by atoms with Gasteiger partial charge in [0.2, 0.25) is 0 Å². The van der Waals surface area contributed by atoms with Gasteiger partial charge in [0.05, 0.1) is 24.9 Å². The molecule has 0 radical (unpaired) electrons. The van der Waals surface area contributed by atoms with Crippen LogP contribution in [0.2, 0.25) is 0 Å². The van der Waals surface area contributed by atoms with E-state index < -0.39 is 0 Å². The van der Waals surface area contributed by atoms with Crippen LogP contribution in [-0.4, -0.2) is 80.9 Å². The molecule has 2 aromatic carbocycles. The first-order valence-corrected chi connectivity index (χ1v) is 14.2. The number of benzene rings is 2. The van der Waals surface area contributed by atoms with E-state index in [0.717, 1.165) is 49.7 Å². The lowest BCUT2D eigenvalue weighted by Crippen LogP contribution is -2.46. The van der Waals surface area contributed by atoms with Crippen LogP contribution in [0.15, 0.2) is 72.3 Å². The molecule has 2 aliphatic rings. The molecule has 3 atom stereocenters. The molecule has 1 unspecified atom stereocenters. The van der Waals surface area contributed by atoms with Crippen LogP contribution in [0.5, 0.6) is 5.75 Å². The molecular weight excluding hydrogens is 524 g/mol. The Labute approximate surface area is 238 Å². The van der Waals surface area contributed by atoms with Crippen molar-refractivity contribution in [2.24, 2.45) is 0 Å². The van der Waals surface area contributed by atoms with Crippen LogP contribution < -0.4 is 20.2 Å². The standard InChI is InChI=1S/C29H36N8O4/c1-3-22(2)37-29(38)36(21-32-37)25-6-4-23(5-7-25)33-12-14-34(15-13-33)24-8-10-26(11-9-24)39-17-27-18-40-28(41-27)16-35-20-30-19-31-35/h4-11,19-22,27-28H,3,12-18H2,1-2H3/t22?,27-,28+/m0/s1. The lowest BCUT2D eigenvalue weighted by molar-refractivity contribution is -0.0744. The van der Waals surface area contributed by atoms with E-state index in [0.29, 0.717) is 19.8 Å². The third-order valence-corrected chi connectivity index (χ3v) is 7.73. The highest BCUT2D eigenvalue weighted by molar-refractivity contribution is 5.54. The molecule has 4 aromatic rings. The number of hydrogen-bond donors (Lipinski definition) is 0. The number of aromatic nitrogens is 6. The van der Waals surface area contributed by atoms with Crippen molar-refractivity contribution in [3.05, 3.63) is 78.0 Å². The summed E-state index contributed by atoms with van der Waals surface area (Å²) in [5.74, 6) is 0.810. The normalized spacial score (nSPS) is 20.0. The predicted molar refractivity (Wildman–Crippen MR) is 154 cm³/mol. The van der Waals surface area contributed by atoms with Crippen molar-refractivity contribution < 1.29 is 14.2 Å². The fourth-order valence-corrected chi connectivity index (χ4v) is 5.13. The number of anilines is 2. The minimum Gasteiger partial charge on any atom is -0.491 e. The number of nitrogens with zero attached hydrogens (tertiary/aromatic N) is 8. The van der Waals surface area contributed by atoms with Crippen molar-refractivity contribution in [2.45, 2.75) is 45.2 Å². The monoisotopic (exact) mass is 560 g/mol. The average Bonchev–Trinajstić information content (AvgIpc) is 3.79. The summed E-state index contributed by atoms with van der Waals surface area (Å²) in [5.41, 5.74) is 3.05. The van der Waals surface area contributed by atoms with Crippen LogP contribution in [0.3, 0.4) is 0 Å². The van der Waals surface area contributed by atoms with E-state index >= 15 is 0 Å². The average molecular weight is 561 g/mol. The third-order valence-electron chi connectivity index (χ3n) is 7.73. The smallest absolute Gasteiger partial charge is 0.350 e. The molecule has 12 heteroatoms. The van der Waals surface area contributed by atoms with E-state index in [9.17, 15) is 4.79 Å². The van der Waals surface area contributed by atoms with Crippen LogP contribution in [0.4, 0.5) is 11.4 Å². The molecule has 41 heavy (non-hydrogen) atoms. The zero-order chi connectivity index (χ0) is 28.2. The molecule has 0 amide bonds. The number of ether oxygens (including phenoxy) is 3. The van der Waals surface area contributed by atoms with Gasteiger partial charge >= 0.3 is 5.69 Å². The Hall–Kier alpha value is -4.16. The molecular formula is C29H36N8O4. The maximum absolute atomic E-state index is 12.7. The minimum absolute atomic E-state index is 0.0786. The number of rotatable bonds is 10. The number of piperazine rings is 1. The minimum atomic E-state index is -0.339. The van der Waals surface area contributed by atoms with Gasteiger partial charge in [0.15, 0.2) is 6.29 Å². The van der Waals surface area contributed by atoms with E-state index in [-0.39, 0.29) is 24.1 Å². The maximum atomic E-state index is 12.7. The summed E-state index contributed by atoms with van der Waals surface area (Å²) in [5, 5.41) is 8.37. The molecule has 0 spiro atoms. The van der Waals surface area contributed by atoms with E-state index in [1.165, 1.54) is 12.0 Å². The van der Waals surface area contributed by atoms with Crippen LogP contribution in [-0.2, 0) is 16.0 Å². The lowest BCUT2D eigenvalue weighted by atomic mass is 10.2. The highest BCUT2D eigenvalue weighted by Crippen LogP contribution is 2.24. The van der Waals surface area contributed by atoms with E-state index in [1.807, 2.05) is 31.2 Å². The molecule has 0 aliphatic carbocycles. The van der Waals surface area contributed by atoms with Crippen molar-refractivity contribution in [2.75, 3.05) is 49.2 Å². The first-order valence-electron chi connectivity index (χ1n) is 14.2. The molecule has 2 fully saturated rings. The van der Waals surface area contributed by atoms with Gasteiger partial charge in [-0.3, -0.25) is 0 Å². The van der Waals surface area contributed by atoms with Gasteiger partial charge in [-0.1, -0.05) is 6.92 Å². The van der Waals surface area contributed by atoms with Gasteiger partial charge in [0.1, 0.15) is 37.4 Å². The SMILES string of the molecule is CCC(C)n1ncn(-c2ccc(N3CCN(c4ccc(OC[C@H]5CO[C@@H](Cn6cncn6)O5)cc4)CC3)cc2)c1=O. The summed E-state index contributed by atoms with van der Waals surface area (Å²) < 4.78 is 22.4. The molecule has 2 saturated heterocycles. The highest BCUT2D eigenvalue weighted by atomic mass is 16.7. The fourth-order valence-electron chi connectivity index (χ4n) is 5.13. The van der Waals surface area contributed by atoms with Crippen LogP contribution in [0.25, 0.3) is 5.69 Å². The summed E-state index contributed by atoms with van der Waals surface area (Å²) in [6.07, 6.45) is 5.15. The topological polar surface area (TPSA) is 105 Å². The largest absolute Gasteiger partial charge is 0.491 e. The Morgan fingerprint density at radius 3 is 2.22 bits per heavy atom. The Balaban J connectivity index is 0.970. The second kappa shape index (κ2) is 12.1. The first kappa shape index (κ1) is 27.0. The summed E-state index contributed by atoms with van der Waals surface area (Å²) in [7, 11) is 0. The molecule has 2 aliphatic heterocycles. The molecule has 12 nitrogen and oxygen atoms in total. The lowest BCUT2D eigenvalue weighted by Gasteiger charge is -2.37. The quantitative estimate of drug-likeness (QED) is 0.290. The molecule has 0 N–H and O–H groups in total. The summed E-state index contributed by atoms with van der Waals surface area (Å²) >= 11 is 0. The van der Waals surface area contributed by atoms with Gasteiger partial charge in [-0.2, -0.15) is 10.2 Å². The highest BCUT2D eigenvalue weighted by Gasteiger charge is 2.27. The van der Waals surface area contributed by atoms with Gasteiger partial charge in [-0.15, -0.1) is 0 Å². The second-order valence-corrected chi connectivity index (χ2v) is 10.4. The van der Waals surface area contributed by atoms with Crippen molar-refractivity contribution >= 4 is 11.4 Å². The van der Waals surface area contributed by atoms with Gasteiger partial charge in [-0.05, 0) is 61.9 Å². The van der Waals surface area contributed by atoms with E-state index in [4.69, 9.17) is 14.2 Å². The van der Waals surface area contributed by atoms with E-state index in [1.54, 1.807) is 26.6 Å². The Kier molecular flexibility index (Phi) is 8.01. The molecule has 216 valence electrons. The Bertz CT molecular complexity index is 1440. The zero-order valence-electron chi connectivity index (χ0n) is 23.5. The molecule has 0 bridgehead atoms. The Morgan fingerprint density at radius 2 is 1.59 bits per heavy atom. The zero-order valence-corrected chi connectivity index (χ0v) is 23.5. The van der Waals surface area contributed by atoms with Crippen molar-refractivity contribution in [1.82, 2.24) is 29.1 Å². The van der Waals surface area contributed by atoms with Gasteiger partial charge in [0, 0.05) is 37.6 Å². The molecule has 2 aromatic heterocycles. The summed E-state index contributed by atoms with van der Waals surface area (Å²) in [6.45, 7) is 9.16.